The second-order valence-electron chi connectivity index (χ2n) is 7.34. The fourth-order valence-electron chi connectivity index (χ4n) is 5.00. The molecule has 2 atom stereocenters. The Balaban J connectivity index is 1.84. The zero-order valence-electron chi connectivity index (χ0n) is 14.8. The molecule has 0 amide bonds. The maximum absolute atomic E-state index is 12.7. The van der Waals surface area contributed by atoms with Gasteiger partial charge in [0.15, 0.2) is 0 Å². The summed E-state index contributed by atoms with van der Waals surface area (Å²) >= 11 is 0. The van der Waals surface area contributed by atoms with Crippen LogP contribution in [0.15, 0.2) is 17.3 Å². The van der Waals surface area contributed by atoms with Gasteiger partial charge in [0, 0.05) is 11.5 Å². The Bertz CT molecular complexity index is 711. The number of carbonyl (C=O) groups is 1. The van der Waals surface area contributed by atoms with Gasteiger partial charge in [-0.15, -0.1) is 0 Å². The lowest BCUT2D eigenvalue weighted by Crippen LogP contribution is -2.70. The van der Waals surface area contributed by atoms with Crippen molar-refractivity contribution in [3.05, 3.63) is 34.4 Å². The number of aryl methyl sites for hydroxylation is 3. The van der Waals surface area contributed by atoms with Crippen LogP contribution in [0.4, 0.5) is 0 Å². The summed E-state index contributed by atoms with van der Waals surface area (Å²) in [6.07, 6.45) is 1.92. The number of hydrogen-bond acceptors (Lipinski definition) is 5. The first-order valence-corrected chi connectivity index (χ1v) is 8.65. The van der Waals surface area contributed by atoms with Crippen LogP contribution in [-0.4, -0.2) is 48.4 Å². The van der Waals surface area contributed by atoms with E-state index in [1.807, 2.05) is 0 Å². The third-order valence-corrected chi connectivity index (χ3v) is 5.90. The maximum atomic E-state index is 12.7. The first-order chi connectivity index (χ1) is 11.5. The molecule has 4 heterocycles. The Hall–Kier alpha value is -1.88. The molecule has 4 aliphatic rings. The van der Waals surface area contributed by atoms with Crippen LogP contribution in [0.1, 0.15) is 35.1 Å². The monoisotopic (exact) mass is 328 g/mol. The summed E-state index contributed by atoms with van der Waals surface area (Å²) in [4.78, 5) is 21.0. The molecule has 0 unspecified atom stereocenters. The lowest BCUT2D eigenvalue weighted by Gasteiger charge is -2.51. The van der Waals surface area contributed by atoms with Crippen molar-refractivity contribution < 1.29 is 14.4 Å². The van der Waals surface area contributed by atoms with Crippen molar-refractivity contribution in [1.82, 2.24) is 4.90 Å². The van der Waals surface area contributed by atoms with Crippen molar-refractivity contribution in [2.45, 2.75) is 45.3 Å². The smallest absolute Gasteiger partial charge is 0.355 e. The number of esters is 1. The van der Waals surface area contributed by atoms with Gasteiger partial charge >= 0.3 is 5.97 Å². The summed E-state index contributed by atoms with van der Waals surface area (Å²) in [7, 11) is 1.44. The molecule has 0 spiro atoms. The topological polar surface area (TPSA) is 51.1 Å². The zero-order chi connectivity index (χ0) is 17.1. The molecule has 1 aromatic rings. The number of ether oxygens (including phenoxy) is 1. The van der Waals surface area contributed by atoms with E-state index < -0.39 is 5.60 Å². The molecule has 2 bridgehead atoms. The van der Waals surface area contributed by atoms with Gasteiger partial charge in [0.05, 0.1) is 7.11 Å². The Morgan fingerprint density at radius 3 is 2.46 bits per heavy atom. The van der Waals surface area contributed by atoms with Gasteiger partial charge in [-0.2, -0.15) is 0 Å². The van der Waals surface area contributed by atoms with E-state index in [1.165, 1.54) is 23.8 Å². The van der Waals surface area contributed by atoms with Crippen molar-refractivity contribution in [2.24, 2.45) is 11.1 Å². The molecule has 24 heavy (non-hydrogen) atoms. The molecule has 0 N–H and O–H groups in total. The molecular formula is C19H24N2O3. The van der Waals surface area contributed by atoms with Crippen molar-refractivity contribution in [1.29, 1.82) is 0 Å². The number of fused-ring (bicyclic) bond motifs is 2. The van der Waals surface area contributed by atoms with Gasteiger partial charge in [0.1, 0.15) is 11.8 Å². The highest BCUT2D eigenvalue weighted by molar-refractivity contribution is 6.11. The van der Waals surface area contributed by atoms with E-state index in [-0.39, 0.29) is 17.9 Å². The van der Waals surface area contributed by atoms with Crippen LogP contribution in [0.5, 0.6) is 0 Å². The summed E-state index contributed by atoms with van der Waals surface area (Å²) in [6, 6.07) is 4.19. The quantitative estimate of drug-likeness (QED) is 0.782. The van der Waals surface area contributed by atoms with Crippen molar-refractivity contribution in [2.75, 3.05) is 20.2 Å². The van der Waals surface area contributed by atoms with Crippen LogP contribution in [0.3, 0.4) is 0 Å². The number of benzene rings is 1. The number of piperidine rings is 3. The van der Waals surface area contributed by atoms with Gasteiger partial charge in [-0.1, -0.05) is 22.9 Å². The number of oxime groups is 1. The van der Waals surface area contributed by atoms with Crippen molar-refractivity contribution >= 4 is 11.7 Å². The minimum absolute atomic E-state index is 0.141. The molecule has 4 aliphatic heterocycles. The number of rotatable bonds is 2. The third kappa shape index (κ3) is 1.91. The highest BCUT2D eigenvalue weighted by atomic mass is 16.7. The minimum Gasteiger partial charge on any atom is -0.466 e. The average Bonchev–Trinajstić information content (AvgIpc) is 2.98. The fraction of sp³-hybridized carbons (Fsp3) is 0.579. The van der Waals surface area contributed by atoms with Crippen LogP contribution in [0.2, 0.25) is 0 Å². The number of nitrogens with zero attached hydrogens (tertiary/aromatic N) is 2. The molecule has 3 saturated heterocycles. The summed E-state index contributed by atoms with van der Waals surface area (Å²) in [5.41, 5.74) is 4.63. The van der Waals surface area contributed by atoms with Crippen LogP contribution in [0.25, 0.3) is 0 Å². The Morgan fingerprint density at radius 2 is 1.88 bits per heavy atom. The maximum Gasteiger partial charge on any atom is 0.355 e. The average molecular weight is 328 g/mol. The molecule has 5 heteroatoms. The third-order valence-electron chi connectivity index (χ3n) is 5.90. The lowest BCUT2D eigenvalue weighted by molar-refractivity contribution is -0.197. The highest BCUT2D eigenvalue weighted by Crippen LogP contribution is 2.48. The van der Waals surface area contributed by atoms with Crippen LogP contribution in [0, 0.1) is 26.7 Å². The SMILES string of the molecule is COC(=O)[C@@]12ON=C(c3c(C)cc(C)cc3C)[C@@H]1N1CCC2CC1. The van der Waals surface area contributed by atoms with E-state index in [4.69, 9.17) is 9.57 Å². The minimum atomic E-state index is -0.968. The largest absolute Gasteiger partial charge is 0.466 e. The van der Waals surface area contributed by atoms with Gasteiger partial charge in [0.2, 0.25) is 0 Å². The fourth-order valence-corrected chi connectivity index (χ4v) is 5.00. The molecule has 3 fully saturated rings. The summed E-state index contributed by atoms with van der Waals surface area (Å²) in [5, 5.41) is 4.46. The molecular weight excluding hydrogens is 304 g/mol. The molecule has 5 rings (SSSR count). The normalized spacial score (nSPS) is 33.7. The van der Waals surface area contributed by atoms with Gasteiger partial charge < -0.3 is 9.57 Å². The van der Waals surface area contributed by atoms with Gasteiger partial charge in [-0.3, -0.25) is 4.90 Å². The Kier molecular flexibility index (Phi) is 3.46. The molecule has 0 aliphatic carbocycles. The van der Waals surface area contributed by atoms with E-state index in [9.17, 15) is 4.79 Å². The van der Waals surface area contributed by atoms with E-state index in [2.05, 4.69) is 43.0 Å². The Labute approximate surface area is 142 Å². The summed E-state index contributed by atoms with van der Waals surface area (Å²) in [5.74, 6) is -0.115. The molecule has 128 valence electrons. The predicted octanol–water partition coefficient (Wildman–Crippen LogP) is 2.35. The van der Waals surface area contributed by atoms with Gasteiger partial charge in [-0.25, -0.2) is 4.79 Å². The van der Waals surface area contributed by atoms with Crippen LogP contribution < -0.4 is 0 Å². The first-order valence-electron chi connectivity index (χ1n) is 8.65. The summed E-state index contributed by atoms with van der Waals surface area (Å²) in [6.45, 7) is 8.28. The molecule has 5 nitrogen and oxygen atoms in total. The van der Waals surface area contributed by atoms with E-state index in [0.717, 1.165) is 37.2 Å². The van der Waals surface area contributed by atoms with E-state index in [1.54, 1.807) is 0 Å². The second-order valence-corrected chi connectivity index (χ2v) is 7.34. The highest BCUT2D eigenvalue weighted by Gasteiger charge is 2.67. The number of hydrogen-bond donors (Lipinski definition) is 0. The molecule has 0 aromatic heterocycles. The first kappa shape index (κ1) is 15.6. The summed E-state index contributed by atoms with van der Waals surface area (Å²) < 4.78 is 5.15. The second kappa shape index (κ2) is 5.31. The van der Waals surface area contributed by atoms with Crippen LogP contribution >= 0.6 is 0 Å². The van der Waals surface area contributed by atoms with Gasteiger partial charge in [0.25, 0.3) is 5.60 Å². The van der Waals surface area contributed by atoms with Crippen LogP contribution in [-0.2, 0) is 14.4 Å². The Morgan fingerprint density at radius 1 is 1.25 bits per heavy atom. The standard InChI is InChI=1S/C19H24N2O3/c1-11-9-12(2)15(13(3)10-11)16-17-19(24-20-16,18(22)23-4)14-5-7-21(17)8-6-14/h9-10,14,17H,5-8H2,1-4H3/t17-,19-/m0/s1. The zero-order valence-corrected chi connectivity index (χ0v) is 14.8. The molecule has 1 aromatic carbocycles. The molecule has 0 radical (unpaired) electrons. The van der Waals surface area contributed by atoms with Crippen molar-refractivity contribution in [3.8, 4) is 0 Å². The number of carbonyl (C=O) groups excluding carboxylic acids is 1. The predicted molar refractivity (Wildman–Crippen MR) is 91.1 cm³/mol. The molecule has 0 saturated carbocycles. The van der Waals surface area contributed by atoms with Gasteiger partial charge in [-0.05, 0) is 57.8 Å². The van der Waals surface area contributed by atoms with E-state index >= 15 is 0 Å². The van der Waals surface area contributed by atoms with E-state index in [0.29, 0.717) is 0 Å². The van der Waals surface area contributed by atoms with Crippen molar-refractivity contribution in [3.63, 3.8) is 0 Å². The lowest BCUT2D eigenvalue weighted by atomic mass is 9.68. The number of methoxy groups -OCH3 is 1.